The van der Waals surface area contributed by atoms with Crippen molar-refractivity contribution < 1.29 is 9.32 Å². The van der Waals surface area contributed by atoms with Crippen LogP contribution in [0.4, 0.5) is 4.79 Å². The van der Waals surface area contributed by atoms with Gasteiger partial charge in [-0.2, -0.15) is 4.98 Å². The number of nitrogens with one attached hydrogen (secondary N) is 1. The predicted molar refractivity (Wildman–Crippen MR) is 94.2 cm³/mol. The van der Waals surface area contributed by atoms with Crippen molar-refractivity contribution in [2.75, 3.05) is 13.1 Å². The van der Waals surface area contributed by atoms with Gasteiger partial charge in [0.25, 0.3) is 0 Å². The first-order valence-corrected chi connectivity index (χ1v) is 10.0. The van der Waals surface area contributed by atoms with Gasteiger partial charge in [0, 0.05) is 19.1 Å². The van der Waals surface area contributed by atoms with Crippen LogP contribution < -0.4 is 5.32 Å². The van der Waals surface area contributed by atoms with Crippen molar-refractivity contribution in [1.82, 2.24) is 20.4 Å². The molecule has 0 bridgehead atoms. The minimum atomic E-state index is 0.0974. The largest absolute Gasteiger partial charge is 0.339 e. The maximum absolute atomic E-state index is 12.8. The molecule has 2 amide bonds. The zero-order valence-electron chi connectivity index (χ0n) is 15.2. The lowest BCUT2D eigenvalue weighted by Crippen LogP contribution is -2.50. The van der Waals surface area contributed by atoms with Crippen LogP contribution in [0.25, 0.3) is 0 Å². The van der Waals surface area contributed by atoms with Crippen LogP contribution >= 0.6 is 0 Å². The maximum atomic E-state index is 12.8. The standard InChI is InChI=1S/C19H30N4O2/c1-13-20-18(25-22-13)16-7-4-10-23(12-16)19(24)21-17-9-8-14-5-2-3-6-15(14)11-17/h14-17H,2-12H2,1H3,(H,21,24)/t14-,15+,16+,17+/m0/s1. The van der Waals surface area contributed by atoms with E-state index < -0.39 is 0 Å². The van der Waals surface area contributed by atoms with Gasteiger partial charge in [0.05, 0.1) is 5.92 Å². The molecule has 4 rings (SSSR count). The number of fused-ring (bicyclic) bond motifs is 1. The van der Waals surface area contributed by atoms with Crippen molar-refractivity contribution in [3.8, 4) is 0 Å². The SMILES string of the molecule is Cc1noc([C@@H]2CCCN(C(=O)N[C@@H]3CC[C@@H]4CCCC[C@@H]4C3)C2)n1. The summed E-state index contributed by atoms with van der Waals surface area (Å²) in [5, 5.41) is 7.21. The molecule has 0 unspecified atom stereocenters. The number of nitrogens with zero attached hydrogens (tertiary/aromatic N) is 3. The molecule has 4 atom stereocenters. The van der Waals surface area contributed by atoms with Crippen LogP contribution in [0.2, 0.25) is 0 Å². The molecular weight excluding hydrogens is 316 g/mol. The third-order valence-corrected chi connectivity index (χ3v) is 6.47. The summed E-state index contributed by atoms with van der Waals surface area (Å²) < 4.78 is 5.32. The Kier molecular flexibility index (Phi) is 4.95. The van der Waals surface area contributed by atoms with Crippen LogP contribution in [-0.4, -0.2) is 40.2 Å². The van der Waals surface area contributed by atoms with Crippen molar-refractivity contribution in [3.63, 3.8) is 0 Å². The van der Waals surface area contributed by atoms with Gasteiger partial charge >= 0.3 is 6.03 Å². The summed E-state index contributed by atoms with van der Waals surface area (Å²) in [5.41, 5.74) is 0. The molecule has 6 nitrogen and oxygen atoms in total. The molecule has 1 aromatic rings. The van der Waals surface area contributed by atoms with Gasteiger partial charge in [0.2, 0.25) is 5.89 Å². The lowest BCUT2D eigenvalue weighted by molar-refractivity contribution is 0.132. The Morgan fingerprint density at radius 1 is 1.12 bits per heavy atom. The van der Waals surface area contributed by atoms with Gasteiger partial charge in [-0.05, 0) is 50.9 Å². The number of urea groups is 1. The Hall–Kier alpha value is -1.59. The van der Waals surface area contributed by atoms with Crippen molar-refractivity contribution in [1.29, 1.82) is 0 Å². The van der Waals surface area contributed by atoms with Crippen molar-refractivity contribution >= 4 is 6.03 Å². The zero-order chi connectivity index (χ0) is 17.2. The Labute approximate surface area is 149 Å². The van der Waals surface area contributed by atoms with E-state index >= 15 is 0 Å². The third-order valence-electron chi connectivity index (χ3n) is 6.47. The molecule has 0 spiro atoms. The first kappa shape index (κ1) is 16.9. The molecule has 0 aromatic carbocycles. The summed E-state index contributed by atoms with van der Waals surface area (Å²) in [6, 6.07) is 0.457. The van der Waals surface area contributed by atoms with Crippen molar-refractivity contribution in [2.45, 2.75) is 76.7 Å². The molecule has 1 N–H and O–H groups in total. The second kappa shape index (κ2) is 7.34. The van der Waals surface area contributed by atoms with Crippen molar-refractivity contribution in [2.24, 2.45) is 11.8 Å². The minimum absolute atomic E-state index is 0.0974. The van der Waals surface area contributed by atoms with Crippen LogP contribution in [0, 0.1) is 18.8 Å². The lowest BCUT2D eigenvalue weighted by atomic mass is 9.69. The number of hydrogen-bond acceptors (Lipinski definition) is 4. The summed E-state index contributed by atoms with van der Waals surface area (Å²) in [4.78, 5) is 19.1. The summed E-state index contributed by atoms with van der Waals surface area (Å²) in [6.45, 7) is 3.35. The monoisotopic (exact) mass is 346 g/mol. The normalized spacial score (nSPS) is 32.9. The number of rotatable bonds is 2. The van der Waals surface area contributed by atoms with Gasteiger partial charge in [0.15, 0.2) is 5.82 Å². The van der Waals surface area contributed by atoms with Crippen molar-refractivity contribution in [3.05, 3.63) is 11.7 Å². The van der Waals surface area contributed by atoms with Gasteiger partial charge in [-0.25, -0.2) is 4.79 Å². The average molecular weight is 346 g/mol. The fourth-order valence-corrected chi connectivity index (χ4v) is 5.11. The molecule has 138 valence electrons. The average Bonchev–Trinajstić information content (AvgIpc) is 3.08. The molecule has 3 fully saturated rings. The Bertz CT molecular complexity index is 602. The second-order valence-electron chi connectivity index (χ2n) is 8.23. The zero-order valence-corrected chi connectivity index (χ0v) is 15.2. The number of likely N-dealkylation sites (tertiary alicyclic amines) is 1. The molecule has 0 radical (unpaired) electrons. The van der Waals surface area contributed by atoms with Gasteiger partial charge in [-0.1, -0.05) is 30.8 Å². The summed E-state index contributed by atoms with van der Waals surface area (Å²) >= 11 is 0. The van der Waals surface area contributed by atoms with E-state index in [1.54, 1.807) is 0 Å². The lowest BCUT2D eigenvalue weighted by Gasteiger charge is -2.40. The topological polar surface area (TPSA) is 71.3 Å². The summed E-state index contributed by atoms with van der Waals surface area (Å²) in [5.74, 6) is 3.28. The van der Waals surface area contributed by atoms with Crippen LogP contribution in [0.1, 0.15) is 75.4 Å². The quantitative estimate of drug-likeness (QED) is 0.888. The number of amides is 2. The molecule has 2 saturated carbocycles. The highest BCUT2D eigenvalue weighted by Crippen LogP contribution is 2.40. The molecule has 1 saturated heterocycles. The van der Waals surface area contributed by atoms with E-state index in [0.29, 0.717) is 24.3 Å². The molecular formula is C19H30N4O2. The number of aromatic nitrogens is 2. The van der Waals surface area contributed by atoms with Crippen LogP contribution in [0.15, 0.2) is 4.52 Å². The highest BCUT2D eigenvalue weighted by molar-refractivity contribution is 5.74. The fourth-order valence-electron chi connectivity index (χ4n) is 5.11. The second-order valence-corrected chi connectivity index (χ2v) is 8.23. The summed E-state index contributed by atoms with van der Waals surface area (Å²) in [6.07, 6.45) is 11.2. The highest BCUT2D eigenvalue weighted by Gasteiger charge is 2.34. The van der Waals surface area contributed by atoms with E-state index in [-0.39, 0.29) is 11.9 Å². The van der Waals surface area contributed by atoms with E-state index in [2.05, 4.69) is 15.5 Å². The van der Waals surface area contributed by atoms with E-state index in [4.69, 9.17) is 4.52 Å². The van der Waals surface area contributed by atoms with Crippen LogP contribution in [-0.2, 0) is 0 Å². The highest BCUT2D eigenvalue weighted by atomic mass is 16.5. The van der Waals surface area contributed by atoms with E-state index in [0.717, 1.165) is 37.6 Å². The number of piperidine rings is 1. The van der Waals surface area contributed by atoms with Crippen LogP contribution in [0.3, 0.4) is 0 Å². The molecule has 1 aliphatic heterocycles. The molecule has 3 aliphatic rings. The fraction of sp³-hybridized carbons (Fsp3) is 0.842. The van der Waals surface area contributed by atoms with Gasteiger partial charge in [0.1, 0.15) is 0 Å². The van der Waals surface area contributed by atoms with E-state index in [1.165, 1.54) is 38.5 Å². The Morgan fingerprint density at radius 2 is 1.96 bits per heavy atom. The van der Waals surface area contributed by atoms with E-state index in [1.807, 2.05) is 11.8 Å². The van der Waals surface area contributed by atoms with Gasteiger partial charge in [-0.15, -0.1) is 0 Å². The van der Waals surface area contributed by atoms with Gasteiger partial charge in [-0.3, -0.25) is 0 Å². The van der Waals surface area contributed by atoms with Crippen LogP contribution in [0.5, 0.6) is 0 Å². The number of carbonyl (C=O) groups excluding carboxylic acids is 1. The molecule has 2 heterocycles. The number of aryl methyl sites for hydroxylation is 1. The Morgan fingerprint density at radius 3 is 2.76 bits per heavy atom. The summed E-state index contributed by atoms with van der Waals surface area (Å²) in [7, 11) is 0. The molecule has 25 heavy (non-hydrogen) atoms. The minimum Gasteiger partial charge on any atom is -0.339 e. The predicted octanol–water partition coefficient (Wildman–Crippen LogP) is 3.63. The first-order valence-electron chi connectivity index (χ1n) is 10.0. The maximum Gasteiger partial charge on any atom is 0.317 e. The van der Waals surface area contributed by atoms with Gasteiger partial charge < -0.3 is 14.7 Å². The number of hydrogen-bond donors (Lipinski definition) is 1. The molecule has 6 heteroatoms. The molecule has 1 aromatic heterocycles. The third kappa shape index (κ3) is 3.82. The van der Waals surface area contributed by atoms with E-state index in [9.17, 15) is 4.79 Å². The first-order chi connectivity index (χ1) is 12.2. The smallest absolute Gasteiger partial charge is 0.317 e. The number of carbonyl (C=O) groups is 1. The Balaban J connectivity index is 1.31. The molecule has 2 aliphatic carbocycles.